The molecule has 0 amide bonds. The third-order valence-electron chi connectivity index (χ3n) is 2.98. The highest BCUT2D eigenvalue weighted by molar-refractivity contribution is 5.28. The molecule has 0 radical (unpaired) electrons. The Morgan fingerprint density at radius 3 is 2.41 bits per heavy atom. The largest absolute Gasteiger partial charge is 0.331 e. The number of halogens is 1. The summed E-state index contributed by atoms with van der Waals surface area (Å²) in [4.78, 5) is 23.4. The number of hydrogen-bond acceptors (Lipinski definition) is 2. The van der Waals surface area contributed by atoms with Gasteiger partial charge in [0.15, 0.2) is 0 Å². The Kier molecular flexibility index (Phi) is 2.01. The summed E-state index contributed by atoms with van der Waals surface area (Å²) in [6.07, 6.45) is 0.975. The molecule has 1 aliphatic heterocycles. The third-order valence-corrected chi connectivity index (χ3v) is 2.98. The van der Waals surface area contributed by atoms with E-state index in [1.807, 2.05) is 24.3 Å². The molecule has 2 heterocycles. The molecule has 1 aliphatic rings. The van der Waals surface area contributed by atoms with E-state index in [9.17, 15) is 14.0 Å². The smallest absolute Gasteiger partial charge is 0.293 e. The fourth-order valence-corrected chi connectivity index (χ4v) is 2.09. The second kappa shape index (κ2) is 3.41. The minimum Gasteiger partial charge on any atom is -0.293 e. The summed E-state index contributed by atoms with van der Waals surface area (Å²) in [7, 11) is 0. The summed E-state index contributed by atoms with van der Waals surface area (Å²) >= 11 is 0. The fraction of sp³-hybridized carbons (Fsp3) is 0.167. The normalized spacial score (nSPS) is 13.0. The first-order valence-electron chi connectivity index (χ1n) is 5.23. The van der Waals surface area contributed by atoms with E-state index in [4.69, 9.17) is 0 Å². The van der Waals surface area contributed by atoms with Crippen LogP contribution in [0, 0.1) is 5.82 Å². The van der Waals surface area contributed by atoms with Gasteiger partial charge in [0.05, 0.1) is 19.3 Å². The lowest BCUT2D eigenvalue weighted by molar-refractivity contribution is 0.529. The van der Waals surface area contributed by atoms with Gasteiger partial charge in [0.25, 0.3) is 5.56 Å². The van der Waals surface area contributed by atoms with Crippen LogP contribution in [0.3, 0.4) is 0 Å². The first kappa shape index (κ1) is 10.0. The summed E-state index contributed by atoms with van der Waals surface area (Å²) < 4.78 is 15.5. The van der Waals surface area contributed by atoms with E-state index in [1.165, 1.54) is 4.57 Å². The summed E-state index contributed by atoms with van der Waals surface area (Å²) in [5.41, 5.74) is 0.484. The average molecular weight is 232 g/mol. The van der Waals surface area contributed by atoms with Crippen LogP contribution in [0.1, 0.15) is 11.1 Å². The van der Waals surface area contributed by atoms with E-state index in [1.54, 1.807) is 0 Å². The van der Waals surface area contributed by atoms with Crippen molar-refractivity contribution >= 4 is 0 Å². The summed E-state index contributed by atoms with van der Waals surface area (Å²) in [6.45, 7) is 0.428. The van der Waals surface area contributed by atoms with Gasteiger partial charge >= 0.3 is 5.69 Å². The number of aromatic nitrogens is 2. The van der Waals surface area contributed by atoms with E-state index >= 15 is 0 Å². The van der Waals surface area contributed by atoms with E-state index in [2.05, 4.69) is 0 Å². The van der Waals surface area contributed by atoms with Gasteiger partial charge in [0.2, 0.25) is 5.82 Å². The summed E-state index contributed by atoms with van der Waals surface area (Å²) in [5.74, 6) is -0.891. The predicted molar refractivity (Wildman–Crippen MR) is 59.6 cm³/mol. The van der Waals surface area contributed by atoms with E-state index in [0.717, 1.165) is 21.9 Å². The lowest BCUT2D eigenvalue weighted by atomic mass is 10.1. The topological polar surface area (TPSA) is 44.0 Å². The molecule has 0 atom stereocenters. The van der Waals surface area contributed by atoms with Gasteiger partial charge in [-0.25, -0.2) is 4.79 Å². The summed E-state index contributed by atoms with van der Waals surface area (Å²) in [6, 6.07) is 7.41. The highest BCUT2D eigenvalue weighted by Crippen LogP contribution is 2.12. The van der Waals surface area contributed by atoms with Crippen LogP contribution in [0.2, 0.25) is 0 Å². The molecule has 0 aliphatic carbocycles. The molecule has 2 bridgehead atoms. The second-order valence-corrected chi connectivity index (χ2v) is 4.05. The van der Waals surface area contributed by atoms with Crippen molar-refractivity contribution in [2.24, 2.45) is 0 Å². The van der Waals surface area contributed by atoms with Gasteiger partial charge in [-0.05, 0) is 11.1 Å². The molecule has 3 rings (SSSR count). The maximum atomic E-state index is 13.4. The van der Waals surface area contributed by atoms with Gasteiger partial charge in [-0.1, -0.05) is 24.3 Å². The van der Waals surface area contributed by atoms with Crippen LogP contribution in [-0.2, 0) is 13.1 Å². The first-order valence-corrected chi connectivity index (χ1v) is 5.23. The van der Waals surface area contributed by atoms with E-state index in [0.29, 0.717) is 6.54 Å². The highest BCUT2D eigenvalue weighted by atomic mass is 19.1. The quantitative estimate of drug-likeness (QED) is 0.568. The van der Waals surface area contributed by atoms with Crippen LogP contribution in [0.25, 0.3) is 0 Å². The Balaban J connectivity index is 2.36. The molecular weight excluding hydrogens is 223 g/mol. The molecule has 0 saturated heterocycles. The second-order valence-electron chi connectivity index (χ2n) is 4.05. The van der Waals surface area contributed by atoms with Crippen molar-refractivity contribution in [1.82, 2.24) is 9.13 Å². The third kappa shape index (κ3) is 1.43. The van der Waals surface area contributed by atoms with Crippen molar-refractivity contribution in [1.29, 1.82) is 0 Å². The number of benzene rings is 1. The van der Waals surface area contributed by atoms with Crippen molar-refractivity contribution in [2.75, 3.05) is 0 Å². The van der Waals surface area contributed by atoms with Gasteiger partial charge in [-0.15, -0.1) is 0 Å². The van der Waals surface area contributed by atoms with Gasteiger partial charge in [0, 0.05) is 0 Å². The van der Waals surface area contributed by atoms with Gasteiger partial charge < -0.3 is 0 Å². The van der Waals surface area contributed by atoms with Crippen LogP contribution >= 0.6 is 0 Å². The highest BCUT2D eigenvalue weighted by Gasteiger charge is 2.17. The first-order chi connectivity index (χ1) is 8.16. The molecule has 0 saturated carbocycles. The Labute approximate surface area is 95.6 Å². The molecule has 1 aromatic heterocycles. The fourth-order valence-electron chi connectivity index (χ4n) is 2.09. The molecule has 0 N–H and O–H groups in total. The van der Waals surface area contributed by atoms with E-state index in [-0.39, 0.29) is 6.54 Å². The lowest BCUT2D eigenvalue weighted by Gasteiger charge is -2.04. The predicted octanol–water partition coefficient (Wildman–Crippen LogP) is 0.559. The molecule has 86 valence electrons. The van der Waals surface area contributed by atoms with Crippen molar-refractivity contribution in [3.05, 3.63) is 68.2 Å². The Hall–Kier alpha value is -2.17. The maximum Gasteiger partial charge on any atom is 0.331 e. The molecule has 4 nitrogen and oxygen atoms in total. The van der Waals surface area contributed by atoms with Crippen LogP contribution in [0.15, 0.2) is 40.1 Å². The zero-order valence-electron chi connectivity index (χ0n) is 8.89. The van der Waals surface area contributed by atoms with E-state index < -0.39 is 17.1 Å². The molecule has 5 heteroatoms. The van der Waals surface area contributed by atoms with Crippen molar-refractivity contribution < 1.29 is 4.39 Å². The molecular formula is C12H9FN2O2. The Morgan fingerprint density at radius 1 is 1.06 bits per heavy atom. The average Bonchev–Trinajstić information content (AvgIpc) is 2.42. The molecule has 0 spiro atoms. The van der Waals surface area contributed by atoms with Crippen LogP contribution in [0.4, 0.5) is 4.39 Å². The summed E-state index contributed by atoms with van der Waals surface area (Å²) in [5, 5.41) is 0. The minimum absolute atomic E-state index is 0.131. The Morgan fingerprint density at radius 2 is 1.71 bits per heavy atom. The Bertz CT molecular complexity index is 715. The van der Waals surface area contributed by atoms with Crippen molar-refractivity contribution in [3.8, 4) is 0 Å². The molecule has 2 aromatic rings. The monoisotopic (exact) mass is 232 g/mol. The van der Waals surface area contributed by atoms with Crippen molar-refractivity contribution in [3.63, 3.8) is 0 Å². The number of nitrogens with zero attached hydrogens (tertiary/aromatic N) is 2. The minimum atomic E-state index is -0.891. The van der Waals surface area contributed by atoms with Crippen LogP contribution in [-0.4, -0.2) is 9.13 Å². The zero-order chi connectivity index (χ0) is 12.0. The van der Waals surface area contributed by atoms with Gasteiger partial charge in [-0.2, -0.15) is 4.39 Å². The number of fused-ring (bicyclic) bond motifs is 3. The lowest BCUT2D eigenvalue weighted by Crippen LogP contribution is -2.39. The van der Waals surface area contributed by atoms with Crippen LogP contribution in [0.5, 0.6) is 0 Å². The maximum absolute atomic E-state index is 13.4. The number of hydrogen-bond donors (Lipinski definition) is 0. The number of rotatable bonds is 0. The standard InChI is InChI=1S/C12H9FN2O2/c13-10-7-14-5-8-3-1-2-4-9(8)6-15(11(10)16)12(14)17/h1-4,7H,5-6H2. The zero-order valence-corrected chi connectivity index (χ0v) is 8.89. The molecule has 0 fully saturated rings. The molecule has 17 heavy (non-hydrogen) atoms. The SMILES string of the molecule is O=c1c(F)cn2c(=O)n1Cc1ccccc1C2. The molecule has 1 aromatic carbocycles. The van der Waals surface area contributed by atoms with Gasteiger partial charge in [0.1, 0.15) is 0 Å². The van der Waals surface area contributed by atoms with Gasteiger partial charge in [-0.3, -0.25) is 13.9 Å². The van der Waals surface area contributed by atoms with Crippen LogP contribution < -0.4 is 11.2 Å². The van der Waals surface area contributed by atoms with Crippen molar-refractivity contribution in [2.45, 2.75) is 13.1 Å². The molecule has 0 unspecified atom stereocenters.